The lowest BCUT2D eigenvalue weighted by Crippen LogP contribution is -2.08. The van der Waals surface area contributed by atoms with Crippen LogP contribution in [0.25, 0.3) is 0 Å². The van der Waals surface area contributed by atoms with Gasteiger partial charge in [-0.05, 0) is 31.5 Å². The molecular weight excluding hydrogens is 307 g/mol. The average Bonchev–Trinajstić information content (AvgIpc) is 2.77. The Morgan fingerprint density at radius 2 is 1.76 bits per heavy atom. The van der Waals surface area contributed by atoms with Crippen molar-refractivity contribution in [2.45, 2.75) is 26.9 Å². The standard InChI is InChI=1S/C15H22N4.2ClH/c1-5-19-11-12(2)15(17-19)16-10-13-6-8-14(9-7-13)18(3)4;;/h6-9,11H,5,10H2,1-4H3,(H,16,17);2*1H. The molecule has 0 fully saturated rings. The summed E-state index contributed by atoms with van der Waals surface area (Å²) >= 11 is 0. The monoisotopic (exact) mass is 330 g/mol. The fourth-order valence-electron chi connectivity index (χ4n) is 1.96. The Labute approximate surface area is 139 Å². The summed E-state index contributed by atoms with van der Waals surface area (Å²) in [6, 6.07) is 8.56. The highest BCUT2D eigenvalue weighted by Crippen LogP contribution is 2.15. The molecule has 0 aliphatic rings. The SMILES string of the molecule is CCn1cc(C)c(NCc2ccc(N(C)C)cc2)n1.Cl.Cl. The van der Waals surface area contributed by atoms with Crippen LogP contribution in [0.5, 0.6) is 0 Å². The van der Waals surface area contributed by atoms with Gasteiger partial charge in [-0.25, -0.2) is 0 Å². The fraction of sp³-hybridized carbons (Fsp3) is 0.400. The van der Waals surface area contributed by atoms with Crippen LogP contribution >= 0.6 is 24.8 Å². The van der Waals surface area contributed by atoms with E-state index in [1.807, 2.05) is 18.8 Å². The maximum Gasteiger partial charge on any atom is 0.151 e. The van der Waals surface area contributed by atoms with E-state index in [1.165, 1.54) is 16.8 Å². The molecule has 0 spiro atoms. The normalized spacial score (nSPS) is 9.52. The van der Waals surface area contributed by atoms with Crippen LogP contribution in [-0.2, 0) is 13.1 Å². The van der Waals surface area contributed by atoms with Gasteiger partial charge >= 0.3 is 0 Å². The van der Waals surface area contributed by atoms with Crippen LogP contribution in [0.4, 0.5) is 11.5 Å². The van der Waals surface area contributed by atoms with E-state index in [-0.39, 0.29) is 24.8 Å². The van der Waals surface area contributed by atoms with Crippen molar-refractivity contribution in [3.8, 4) is 0 Å². The van der Waals surface area contributed by atoms with Gasteiger partial charge in [0.2, 0.25) is 0 Å². The Balaban J connectivity index is 0.00000200. The van der Waals surface area contributed by atoms with Gasteiger partial charge in [-0.1, -0.05) is 12.1 Å². The number of halogens is 2. The van der Waals surface area contributed by atoms with Gasteiger partial charge in [0.15, 0.2) is 5.82 Å². The molecule has 4 nitrogen and oxygen atoms in total. The third kappa shape index (κ3) is 5.14. The summed E-state index contributed by atoms with van der Waals surface area (Å²) in [6.45, 7) is 5.88. The second-order valence-electron chi connectivity index (χ2n) is 4.93. The highest BCUT2D eigenvalue weighted by atomic mass is 35.5. The van der Waals surface area contributed by atoms with Crippen molar-refractivity contribution in [1.82, 2.24) is 9.78 Å². The maximum absolute atomic E-state index is 4.49. The molecule has 0 aliphatic carbocycles. The van der Waals surface area contributed by atoms with Crippen LogP contribution in [0.1, 0.15) is 18.1 Å². The number of anilines is 2. The molecule has 1 N–H and O–H groups in total. The lowest BCUT2D eigenvalue weighted by molar-refractivity contribution is 0.661. The Morgan fingerprint density at radius 1 is 1.14 bits per heavy atom. The molecule has 0 unspecified atom stereocenters. The Bertz CT molecular complexity index is 535. The summed E-state index contributed by atoms with van der Waals surface area (Å²) in [5.74, 6) is 0.971. The van der Waals surface area contributed by atoms with E-state index in [0.29, 0.717) is 0 Å². The number of nitrogens with one attached hydrogen (secondary N) is 1. The van der Waals surface area contributed by atoms with Crippen molar-refractivity contribution in [3.05, 3.63) is 41.6 Å². The molecule has 0 aliphatic heterocycles. The zero-order chi connectivity index (χ0) is 13.8. The second-order valence-corrected chi connectivity index (χ2v) is 4.93. The molecule has 0 saturated heterocycles. The van der Waals surface area contributed by atoms with Gasteiger partial charge in [0.05, 0.1) is 0 Å². The zero-order valence-electron chi connectivity index (χ0n) is 13.0. The van der Waals surface area contributed by atoms with Crippen LogP contribution < -0.4 is 10.2 Å². The number of hydrogen-bond acceptors (Lipinski definition) is 3. The molecule has 21 heavy (non-hydrogen) atoms. The zero-order valence-corrected chi connectivity index (χ0v) is 14.6. The molecule has 1 aromatic carbocycles. The van der Waals surface area contributed by atoms with Crippen molar-refractivity contribution >= 4 is 36.3 Å². The molecule has 1 aromatic heterocycles. The van der Waals surface area contributed by atoms with Crippen molar-refractivity contribution < 1.29 is 0 Å². The van der Waals surface area contributed by atoms with E-state index in [9.17, 15) is 0 Å². The summed E-state index contributed by atoms with van der Waals surface area (Å²) in [6.07, 6.45) is 2.07. The van der Waals surface area contributed by atoms with Gasteiger partial charge in [-0.2, -0.15) is 5.10 Å². The smallest absolute Gasteiger partial charge is 0.151 e. The topological polar surface area (TPSA) is 33.1 Å². The van der Waals surface area contributed by atoms with E-state index in [4.69, 9.17) is 0 Å². The van der Waals surface area contributed by atoms with E-state index >= 15 is 0 Å². The van der Waals surface area contributed by atoms with E-state index in [2.05, 4.69) is 59.6 Å². The molecule has 0 saturated carbocycles. The van der Waals surface area contributed by atoms with Crippen molar-refractivity contribution in [2.24, 2.45) is 0 Å². The van der Waals surface area contributed by atoms with Crippen molar-refractivity contribution in [2.75, 3.05) is 24.3 Å². The lowest BCUT2D eigenvalue weighted by atomic mass is 10.2. The van der Waals surface area contributed by atoms with Crippen LogP contribution in [0.2, 0.25) is 0 Å². The van der Waals surface area contributed by atoms with Crippen molar-refractivity contribution in [3.63, 3.8) is 0 Å². The van der Waals surface area contributed by atoms with Gasteiger partial charge in [0, 0.05) is 44.6 Å². The van der Waals surface area contributed by atoms with Crippen LogP contribution in [-0.4, -0.2) is 23.9 Å². The fourth-order valence-corrected chi connectivity index (χ4v) is 1.96. The number of aryl methyl sites for hydroxylation is 2. The largest absolute Gasteiger partial charge is 0.378 e. The highest BCUT2D eigenvalue weighted by molar-refractivity contribution is 5.85. The third-order valence-corrected chi connectivity index (χ3v) is 3.18. The van der Waals surface area contributed by atoms with Crippen LogP contribution in [0.3, 0.4) is 0 Å². The predicted octanol–water partition coefficient (Wildman–Crippen LogP) is 3.73. The third-order valence-electron chi connectivity index (χ3n) is 3.18. The Morgan fingerprint density at radius 3 is 2.24 bits per heavy atom. The van der Waals surface area contributed by atoms with Gasteiger partial charge in [0.25, 0.3) is 0 Å². The first-order valence-corrected chi connectivity index (χ1v) is 6.64. The molecule has 0 radical (unpaired) electrons. The first-order valence-electron chi connectivity index (χ1n) is 6.64. The van der Waals surface area contributed by atoms with Crippen LogP contribution in [0.15, 0.2) is 30.5 Å². The van der Waals surface area contributed by atoms with Gasteiger partial charge in [-0.15, -0.1) is 24.8 Å². The second kappa shape index (κ2) is 8.80. The number of nitrogens with zero attached hydrogens (tertiary/aromatic N) is 3. The molecular formula is C15H24Cl2N4. The van der Waals surface area contributed by atoms with E-state index < -0.39 is 0 Å². The maximum atomic E-state index is 4.49. The summed E-state index contributed by atoms with van der Waals surface area (Å²) in [5, 5.41) is 7.87. The first-order chi connectivity index (χ1) is 9.10. The Hall–Kier alpha value is -1.39. The summed E-state index contributed by atoms with van der Waals surface area (Å²) in [4.78, 5) is 2.10. The molecule has 0 amide bonds. The first kappa shape index (κ1) is 19.6. The van der Waals surface area contributed by atoms with Gasteiger partial charge in [-0.3, -0.25) is 4.68 Å². The highest BCUT2D eigenvalue weighted by Gasteiger charge is 2.03. The van der Waals surface area contributed by atoms with E-state index in [1.54, 1.807) is 0 Å². The summed E-state index contributed by atoms with van der Waals surface area (Å²) in [5.41, 5.74) is 3.66. The number of rotatable bonds is 5. The van der Waals surface area contributed by atoms with Crippen molar-refractivity contribution in [1.29, 1.82) is 0 Å². The average molecular weight is 331 g/mol. The summed E-state index contributed by atoms with van der Waals surface area (Å²) < 4.78 is 1.95. The van der Waals surface area contributed by atoms with Gasteiger partial charge < -0.3 is 10.2 Å². The molecule has 0 atom stereocenters. The molecule has 6 heteroatoms. The number of hydrogen-bond donors (Lipinski definition) is 1. The minimum absolute atomic E-state index is 0. The number of benzene rings is 1. The molecule has 1 heterocycles. The quantitative estimate of drug-likeness (QED) is 0.906. The predicted molar refractivity (Wildman–Crippen MR) is 95.2 cm³/mol. The lowest BCUT2D eigenvalue weighted by Gasteiger charge is -2.12. The summed E-state index contributed by atoms with van der Waals surface area (Å²) in [7, 11) is 4.10. The number of aromatic nitrogens is 2. The molecule has 2 rings (SSSR count). The van der Waals surface area contributed by atoms with E-state index in [0.717, 1.165) is 18.9 Å². The minimum Gasteiger partial charge on any atom is -0.378 e. The Kier molecular flexibility index (Phi) is 8.22. The minimum atomic E-state index is 0. The van der Waals surface area contributed by atoms with Crippen LogP contribution in [0, 0.1) is 6.92 Å². The molecule has 2 aromatic rings. The molecule has 118 valence electrons. The molecule has 0 bridgehead atoms. The van der Waals surface area contributed by atoms with Gasteiger partial charge in [0.1, 0.15) is 0 Å².